The number of aromatic hydroxyl groups is 1. The first-order valence-electron chi connectivity index (χ1n) is 10.4. The molecular weight excluding hydrogens is 352 g/mol. The van der Waals surface area contributed by atoms with Crippen molar-refractivity contribution in [3.05, 3.63) is 59.7 Å². The van der Waals surface area contributed by atoms with E-state index in [1.54, 1.807) is 6.07 Å². The number of para-hydroxylation sites is 2. The molecule has 0 bridgehead atoms. The number of carbonyl (C=O) groups is 1. The minimum Gasteiger partial charge on any atom is -0.508 e. The highest BCUT2D eigenvalue weighted by atomic mass is 16.5. The topological polar surface area (TPSA) is 66.8 Å². The molecule has 0 radical (unpaired) electrons. The van der Waals surface area contributed by atoms with Gasteiger partial charge in [-0.05, 0) is 60.8 Å². The highest BCUT2D eigenvalue weighted by Crippen LogP contribution is 2.39. The van der Waals surface area contributed by atoms with Gasteiger partial charge < -0.3 is 14.9 Å². The lowest BCUT2D eigenvalue weighted by Crippen LogP contribution is -2.11. The van der Waals surface area contributed by atoms with Gasteiger partial charge >= 0.3 is 5.97 Å². The summed E-state index contributed by atoms with van der Waals surface area (Å²) in [4.78, 5) is 10.5. The first-order valence-corrected chi connectivity index (χ1v) is 10.4. The van der Waals surface area contributed by atoms with Crippen LogP contribution in [0.4, 0.5) is 0 Å². The molecule has 0 unspecified atom stereocenters. The molecule has 0 aliphatic heterocycles. The maximum atomic E-state index is 10.5. The van der Waals surface area contributed by atoms with Crippen LogP contribution in [-0.2, 0) is 4.79 Å². The number of benzene rings is 2. The summed E-state index contributed by atoms with van der Waals surface area (Å²) in [6.07, 6.45) is 10.0. The fourth-order valence-electron chi connectivity index (χ4n) is 4.40. The zero-order valence-electron chi connectivity index (χ0n) is 16.3. The van der Waals surface area contributed by atoms with Gasteiger partial charge in [-0.25, -0.2) is 4.79 Å². The summed E-state index contributed by atoms with van der Waals surface area (Å²) in [5.41, 5.74) is 2.32. The van der Waals surface area contributed by atoms with E-state index in [4.69, 9.17) is 9.84 Å². The lowest BCUT2D eigenvalue weighted by atomic mass is 9.97. The van der Waals surface area contributed by atoms with Gasteiger partial charge in [0.25, 0.3) is 0 Å². The summed E-state index contributed by atoms with van der Waals surface area (Å²) in [5, 5.41) is 18.2. The lowest BCUT2D eigenvalue weighted by Gasteiger charge is -2.14. The molecule has 4 rings (SSSR count). The Bertz CT molecular complexity index is 759. The van der Waals surface area contributed by atoms with Crippen molar-refractivity contribution < 1.29 is 19.7 Å². The summed E-state index contributed by atoms with van der Waals surface area (Å²) < 4.78 is 5.31. The number of hydrogen-bond donors (Lipinski definition) is 2. The van der Waals surface area contributed by atoms with Crippen LogP contribution >= 0.6 is 0 Å². The van der Waals surface area contributed by atoms with Crippen LogP contribution in [0.1, 0.15) is 74.3 Å². The molecule has 4 heteroatoms. The van der Waals surface area contributed by atoms with Gasteiger partial charge in [-0.2, -0.15) is 0 Å². The molecule has 0 aromatic heterocycles. The molecule has 2 saturated carbocycles. The fourth-order valence-corrected chi connectivity index (χ4v) is 4.40. The number of hydrogen-bond acceptors (Lipinski definition) is 3. The van der Waals surface area contributed by atoms with Crippen molar-refractivity contribution in [1.82, 2.24) is 0 Å². The smallest absolute Gasteiger partial charge is 0.341 e. The normalized spacial score (nSPS) is 17.1. The van der Waals surface area contributed by atoms with Crippen molar-refractivity contribution in [2.75, 3.05) is 6.61 Å². The van der Waals surface area contributed by atoms with Crippen molar-refractivity contribution >= 4 is 5.97 Å². The maximum absolute atomic E-state index is 10.5. The van der Waals surface area contributed by atoms with Gasteiger partial charge in [-0.15, -0.1) is 0 Å². The molecule has 2 aromatic rings. The van der Waals surface area contributed by atoms with Gasteiger partial charge in [0.1, 0.15) is 11.5 Å². The summed E-state index contributed by atoms with van der Waals surface area (Å²) in [6, 6.07) is 15.5. The van der Waals surface area contributed by atoms with E-state index in [1.165, 1.54) is 56.9 Å². The average Bonchev–Trinajstić information content (AvgIpc) is 3.42. The summed E-state index contributed by atoms with van der Waals surface area (Å²) >= 11 is 0. The monoisotopic (exact) mass is 382 g/mol. The number of ether oxygens (including phenoxy) is 1. The van der Waals surface area contributed by atoms with Gasteiger partial charge in [0.2, 0.25) is 0 Å². The van der Waals surface area contributed by atoms with E-state index in [1.807, 2.05) is 42.5 Å². The van der Waals surface area contributed by atoms with Crippen molar-refractivity contribution in [1.29, 1.82) is 0 Å². The van der Waals surface area contributed by atoms with Crippen LogP contribution < -0.4 is 4.74 Å². The Labute approximate surface area is 167 Å². The Morgan fingerprint density at radius 1 is 0.821 bits per heavy atom. The third-order valence-electron chi connectivity index (χ3n) is 5.80. The first-order chi connectivity index (χ1) is 13.6. The molecule has 2 aliphatic rings. The van der Waals surface area contributed by atoms with E-state index in [0.29, 0.717) is 17.6 Å². The Morgan fingerprint density at radius 3 is 1.89 bits per heavy atom. The van der Waals surface area contributed by atoms with Crippen LogP contribution in [0.5, 0.6) is 11.5 Å². The quantitative estimate of drug-likeness (QED) is 0.680. The molecule has 0 amide bonds. The molecule has 0 spiro atoms. The van der Waals surface area contributed by atoms with E-state index in [9.17, 15) is 9.90 Å². The van der Waals surface area contributed by atoms with Gasteiger partial charge in [-0.3, -0.25) is 0 Å². The maximum Gasteiger partial charge on any atom is 0.341 e. The second-order valence-electron chi connectivity index (χ2n) is 7.74. The average molecular weight is 383 g/mol. The molecule has 2 aromatic carbocycles. The largest absolute Gasteiger partial charge is 0.508 e. The first kappa shape index (κ1) is 20.2. The lowest BCUT2D eigenvalue weighted by molar-refractivity contribution is -0.139. The van der Waals surface area contributed by atoms with Gasteiger partial charge in [-0.1, -0.05) is 62.1 Å². The predicted octanol–water partition coefficient (Wildman–Crippen LogP) is 5.86. The Kier molecular flexibility index (Phi) is 7.35. The Morgan fingerprint density at radius 2 is 1.32 bits per heavy atom. The number of aliphatic carboxylic acids is 1. The highest BCUT2D eigenvalue weighted by molar-refractivity contribution is 5.68. The molecule has 4 nitrogen and oxygen atoms in total. The molecule has 28 heavy (non-hydrogen) atoms. The molecule has 0 heterocycles. The number of phenols is 1. The number of rotatable bonds is 5. The molecule has 2 aliphatic carbocycles. The van der Waals surface area contributed by atoms with Crippen molar-refractivity contribution in [3.63, 3.8) is 0 Å². The third-order valence-corrected chi connectivity index (χ3v) is 5.80. The van der Waals surface area contributed by atoms with Crippen LogP contribution in [0, 0.1) is 0 Å². The molecule has 2 fully saturated rings. The van der Waals surface area contributed by atoms with E-state index >= 15 is 0 Å². The second-order valence-corrected chi connectivity index (χ2v) is 7.74. The van der Waals surface area contributed by atoms with E-state index in [0.717, 1.165) is 11.3 Å². The van der Waals surface area contributed by atoms with Crippen molar-refractivity contribution in [3.8, 4) is 11.5 Å². The van der Waals surface area contributed by atoms with Gasteiger partial charge in [0.05, 0.1) is 0 Å². The zero-order chi connectivity index (χ0) is 19.8. The van der Waals surface area contributed by atoms with E-state index in [-0.39, 0.29) is 6.61 Å². The number of carboxylic acids is 1. The third kappa shape index (κ3) is 5.51. The highest BCUT2D eigenvalue weighted by Gasteiger charge is 2.20. The minimum atomic E-state index is -0.929. The molecule has 150 valence electrons. The predicted molar refractivity (Wildman–Crippen MR) is 110 cm³/mol. The van der Waals surface area contributed by atoms with Crippen LogP contribution in [0.3, 0.4) is 0 Å². The fraction of sp³-hybridized carbons (Fsp3) is 0.458. The summed E-state index contributed by atoms with van der Waals surface area (Å²) in [6.45, 7) is -0.260. The Balaban J connectivity index is 0.000000167. The standard InChI is InChI=1S/C13H16O3.C11H14O/c14-13(15)9-16-12-8-4-3-7-11(12)10-5-1-2-6-10;12-11-8-4-3-7-10(11)9-5-1-2-6-9/h3-4,7-8,10H,1-2,5-6,9H2,(H,14,15);3-4,7-9,12H,1-2,5-6H2. The van der Waals surface area contributed by atoms with Crippen LogP contribution in [0.25, 0.3) is 0 Å². The summed E-state index contributed by atoms with van der Waals surface area (Å²) in [5.74, 6) is 1.44. The van der Waals surface area contributed by atoms with Crippen LogP contribution in [-0.4, -0.2) is 22.8 Å². The molecule has 2 N–H and O–H groups in total. The second kappa shape index (κ2) is 10.2. The molecule has 0 saturated heterocycles. The van der Waals surface area contributed by atoms with E-state index in [2.05, 4.69) is 0 Å². The summed E-state index contributed by atoms with van der Waals surface area (Å²) in [7, 11) is 0. The minimum absolute atomic E-state index is 0.260. The number of carboxylic acid groups (broad SMARTS) is 1. The van der Waals surface area contributed by atoms with Crippen LogP contribution in [0.2, 0.25) is 0 Å². The molecular formula is C24H30O4. The molecule has 0 atom stereocenters. The number of phenolic OH excluding ortho intramolecular Hbond substituents is 1. The SMILES string of the molecule is O=C(O)COc1ccccc1C1CCCC1.Oc1ccccc1C1CCCC1. The van der Waals surface area contributed by atoms with E-state index < -0.39 is 5.97 Å². The zero-order valence-corrected chi connectivity index (χ0v) is 16.3. The van der Waals surface area contributed by atoms with Crippen molar-refractivity contribution in [2.45, 2.75) is 63.2 Å². The van der Waals surface area contributed by atoms with Gasteiger partial charge in [0.15, 0.2) is 6.61 Å². The van der Waals surface area contributed by atoms with Gasteiger partial charge in [0, 0.05) is 0 Å². The van der Waals surface area contributed by atoms with Crippen molar-refractivity contribution in [2.24, 2.45) is 0 Å². The Hall–Kier alpha value is -2.49. The van der Waals surface area contributed by atoms with Crippen LogP contribution in [0.15, 0.2) is 48.5 Å².